The van der Waals surface area contributed by atoms with Crippen LogP contribution in [0.5, 0.6) is 0 Å². The van der Waals surface area contributed by atoms with E-state index in [2.05, 4.69) is 20.4 Å². The third kappa shape index (κ3) is 3.32. The molecule has 4 rings (SSSR count). The average Bonchev–Trinajstić information content (AvgIpc) is 3.14. The van der Waals surface area contributed by atoms with Crippen LogP contribution in [0.4, 0.5) is 0 Å². The number of hydrogen-bond acceptors (Lipinski definition) is 4. The van der Waals surface area contributed by atoms with E-state index in [0.717, 1.165) is 11.0 Å². The van der Waals surface area contributed by atoms with Gasteiger partial charge in [0.05, 0.1) is 34.4 Å². The molecule has 0 saturated carbocycles. The Labute approximate surface area is 159 Å². The number of rotatable bonds is 5. The Balaban J connectivity index is 1.46. The largest absolute Gasteiger partial charge is 0.346 e. The Hall–Kier alpha value is -3.68. The number of para-hydroxylation sites is 2. The van der Waals surface area contributed by atoms with Crippen LogP contribution in [0.1, 0.15) is 25.2 Å². The molecule has 2 aromatic carbocycles. The zero-order valence-corrected chi connectivity index (χ0v) is 15.2. The monoisotopic (exact) mass is 377 g/mol. The van der Waals surface area contributed by atoms with Gasteiger partial charge in [-0.3, -0.25) is 19.5 Å². The summed E-state index contributed by atoms with van der Waals surface area (Å²) in [5, 5.41) is 6.06. The SMILES string of the molecule is CC(NC(=O)CCn1[nH]c(=O)c2ccccc2c1=O)c1nc2ccccc2[nH]1. The van der Waals surface area contributed by atoms with Crippen LogP contribution >= 0.6 is 0 Å². The Morgan fingerprint density at radius 1 is 1.11 bits per heavy atom. The van der Waals surface area contributed by atoms with Crippen LogP contribution in [-0.2, 0) is 11.3 Å². The van der Waals surface area contributed by atoms with E-state index in [9.17, 15) is 14.4 Å². The smallest absolute Gasteiger partial charge is 0.273 e. The highest BCUT2D eigenvalue weighted by atomic mass is 16.2. The maximum absolute atomic E-state index is 12.5. The second-order valence-electron chi connectivity index (χ2n) is 6.62. The van der Waals surface area contributed by atoms with Crippen molar-refractivity contribution in [2.24, 2.45) is 0 Å². The second-order valence-corrected chi connectivity index (χ2v) is 6.62. The normalized spacial score (nSPS) is 12.3. The van der Waals surface area contributed by atoms with Gasteiger partial charge in [-0.1, -0.05) is 24.3 Å². The van der Waals surface area contributed by atoms with Gasteiger partial charge in [-0.15, -0.1) is 0 Å². The third-order valence-electron chi connectivity index (χ3n) is 4.64. The second kappa shape index (κ2) is 7.15. The van der Waals surface area contributed by atoms with Crippen molar-refractivity contribution in [1.29, 1.82) is 0 Å². The Bertz CT molecular complexity index is 1250. The van der Waals surface area contributed by atoms with Gasteiger partial charge in [0.15, 0.2) is 0 Å². The first-order valence-electron chi connectivity index (χ1n) is 8.99. The predicted octanol–water partition coefficient (Wildman–Crippen LogP) is 1.83. The highest BCUT2D eigenvalue weighted by Crippen LogP contribution is 2.15. The summed E-state index contributed by atoms with van der Waals surface area (Å²) < 4.78 is 1.18. The first kappa shape index (κ1) is 17.7. The molecular formula is C20H19N5O3. The van der Waals surface area contributed by atoms with Crippen LogP contribution < -0.4 is 16.4 Å². The summed E-state index contributed by atoms with van der Waals surface area (Å²) in [6.07, 6.45) is 0.0543. The van der Waals surface area contributed by atoms with E-state index in [1.165, 1.54) is 4.68 Å². The summed E-state index contributed by atoms with van der Waals surface area (Å²) in [5.74, 6) is 0.416. The third-order valence-corrected chi connectivity index (χ3v) is 4.64. The lowest BCUT2D eigenvalue weighted by Gasteiger charge is -2.12. The topological polar surface area (TPSA) is 113 Å². The first-order valence-corrected chi connectivity index (χ1v) is 8.99. The number of carbonyl (C=O) groups excluding carboxylic acids is 1. The fourth-order valence-corrected chi connectivity index (χ4v) is 3.18. The number of amides is 1. The molecule has 0 fully saturated rings. The molecular weight excluding hydrogens is 358 g/mol. The van der Waals surface area contributed by atoms with Gasteiger partial charge in [-0.05, 0) is 31.2 Å². The van der Waals surface area contributed by atoms with Crippen LogP contribution in [0.25, 0.3) is 21.8 Å². The molecule has 2 heterocycles. The number of hydrogen-bond donors (Lipinski definition) is 3. The molecule has 0 aliphatic heterocycles. The molecule has 0 saturated heterocycles. The molecule has 1 amide bonds. The zero-order chi connectivity index (χ0) is 19.7. The van der Waals surface area contributed by atoms with Crippen molar-refractivity contribution < 1.29 is 4.79 Å². The highest BCUT2D eigenvalue weighted by Gasteiger charge is 2.14. The number of imidazole rings is 1. The lowest BCUT2D eigenvalue weighted by Crippen LogP contribution is -2.33. The fourth-order valence-electron chi connectivity index (χ4n) is 3.18. The lowest BCUT2D eigenvalue weighted by atomic mass is 10.2. The molecule has 0 spiro atoms. The Morgan fingerprint density at radius 3 is 2.61 bits per heavy atom. The molecule has 28 heavy (non-hydrogen) atoms. The molecule has 0 bridgehead atoms. The van der Waals surface area contributed by atoms with Crippen molar-refractivity contribution in [3.8, 4) is 0 Å². The van der Waals surface area contributed by atoms with Crippen molar-refractivity contribution >= 4 is 27.7 Å². The molecule has 0 aliphatic rings. The summed E-state index contributed by atoms with van der Waals surface area (Å²) in [4.78, 5) is 44.6. The zero-order valence-electron chi connectivity index (χ0n) is 15.2. The summed E-state index contributed by atoms with van der Waals surface area (Å²) >= 11 is 0. The lowest BCUT2D eigenvalue weighted by molar-refractivity contribution is -0.122. The minimum atomic E-state index is -0.355. The van der Waals surface area contributed by atoms with Crippen LogP contribution in [0.15, 0.2) is 58.1 Å². The van der Waals surface area contributed by atoms with E-state index < -0.39 is 0 Å². The van der Waals surface area contributed by atoms with Gasteiger partial charge < -0.3 is 10.3 Å². The standard InChI is InChI=1S/C20H19N5O3/c1-12(18-22-15-8-4-5-9-16(15)23-18)21-17(26)10-11-25-20(28)14-7-3-2-6-13(14)19(27)24-25/h2-9,12H,10-11H2,1H3,(H,21,26)(H,22,23)(H,24,27). The van der Waals surface area contributed by atoms with Crippen molar-refractivity contribution in [3.63, 3.8) is 0 Å². The van der Waals surface area contributed by atoms with E-state index in [4.69, 9.17) is 0 Å². The number of benzene rings is 2. The molecule has 8 nitrogen and oxygen atoms in total. The molecule has 3 N–H and O–H groups in total. The van der Waals surface area contributed by atoms with E-state index in [0.29, 0.717) is 16.6 Å². The first-order chi connectivity index (χ1) is 13.5. The minimum absolute atomic E-state index is 0.0543. The van der Waals surface area contributed by atoms with Gasteiger partial charge in [-0.2, -0.15) is 0 Å². The van der Waals surface area contributed by atoms with Gasteiger partial charge in [-0.25, -0.2) is 9.67 Å². The fraction of sp³-hybridized carbons (Fsp3) is 0.200. The van der Waals surface area contributed by atoms with Crippen molar-refractivity contribution in [3.05, 3.63) is 75.1 Å². The Morgan fingerprint density at radius 2 is 1.82 bits per heavy atom. The van der Waals surface area contributed by atoms with Gasteiger partial charge in [0.25, 0.3) is 11.1 Å². The maximum Gasteiger partial charge on any atom is 0.273 e. The average molecular weight is 377 g/mol. The summed E-state index contributed by atoms with van der Waals surface area (Å²) in [6, 6.07) is 13.9. The molecule has 1 unspecified atom stereocenters. The van der Waals surface area contributed by atoms with Crippen LogP contribution in [-0.4, -0.2) is 25.7 Å². The number of nitrogens with zero attached hydrogens (tertiary/aromatic N) is 2. The van der Waals surface area contributed by atoms with E-state index in [-0.39, 0.29) is 36.0 Å². The number of nitrogens with one attached hydrogen (secondary N) is 3. The summed E-state index contributed by atoms with van der Waals surface area (Å²) in [5.41, 5.74) is 1.05. The minimum Gasteiger partial charge on any atom is -0.346 e. The van der Waals surface area contributed by atoms with Gasteiger partial charge in [0.2, 0.25) is 5.91 Å². The van der Waals surface area contributed by atoms with E-state index in [1.54, 1.807) is 24.3 Å². The Kier molecular flexibility index (Phi) is 4.52. The highest BCUT2D eigenvalue weighted by molar-refractivity contribution is 5.80. The number of H-pyrrole nitrogens is 2. The molecule has 8 heteroatoms. The van der Waals surface area contributed by atoms with Crippen LogP contribution in [0.2, 0.25) is 0 Å². The number of aryl methyl sites for hydroxylation is 1. The van der Waals surface area contributed by atoms with Crippen LogP contribution in [0, 0.1) is 0 Å². The van der Waals surface area contributed by atoms with Crippen LogP contribution in [0.3, 0.4) is 0 Å². The van der Waals surface area contributed by atoms with E-state index in [1.807, 2.05) is 31.2 Å². The molecule has 142 valence electrons. The number of fused-ring (bicyclic) bond motifs is 2. The molecule has 2 aromatic heterocycles. The van der Waals surface area contributed by atoms with Gasteiger partial charge >= 0.3 is 0 Å². The number of aromatic amines is 2. The molecule has 1 atom stereocenters. The number of aromatic nitrogens is 4. The number of carbonyl (C=O) groups is 1. The van der Waals surface area contributed by atoms with E-state index >= 15 is 0 Å². The van der Waals surface area contributed by atoms with Crippen molar-refractivity contribution in [2.75, 3.05) is 0 Å². The summed E-state index contributed by atoms with van der Waals surface area (Å²) in [6.45, 7) is 1.91. The van der Waals surface area contributed by atoms with Gasteiger partial charge in [0.1, 0.15) is 5.82 Å². The molecule has 0 aliphatic carbocycles. The molecule has 4 aromatic rings. The van der Waals surface area contributed by atoms with Crippen molar-refractivity contribution in [2.45, 2.75) is 25.9 Å². The summed E-state index contributed by atoms with van der Waals surface area (Å²) in [7, 11) is 0. The quantitative estimate of drug-likeness (QED) is 0.492. The maximum atomic E-state index is 12.5. The van der Waals surface area contributed by atoms with Crippen molar-refractivity contribution in [1.82, 2.24) is 25.1 Å². The predicted molar refractivity (Wildman–Crippen MR) is 106 cm³/mol. The van der Waals surface area contributed by atoms with Gasteiger partial charge in [0, 0.05) is 6.42 Å². The molecule has 0 radical (unpaired) electrons.